The minimum absolute atomic E-state index is 0.0267. The van der Waals surface area contributed by atoms with E-state index in [4.69, 9.17) is 14.3 Å². The number of hydroxylamine groups is 2. The highest BCUT2D eigenvalue weighted by atomic mass is 16.7. The van der Waals surface area contributed by atoms with E-state index in [0.29, 0.717) is 5.57 Å². The highest BCUT2D eigenvalue weighted by molar-refractivity contribution is 5.95. The number of carbonyl (C=O) groups excluding carboxylic acids is 2. The maximum atomic E-state index is 12.5. The first kappa shape index (κ1) is 14.2. The first-order chi connectivity index (χ1) is 10.4. The number of nitrogens with zero attached hydrogens (tertiary/aromatic N) is 1. The summed E-state index contributed by atoms with van der Waals surface area (Å²) in [4.78, 5) is 29.7. The molecule has 1 amide bonds. The Morgan fingerprint density at radius 2 is 2.32 bits per heavy atom. The molecule has 0 N–H and O–H groups in total. The number of cyclic esters (lactones) is 1. The predicted molar refractivity (Wildman–Crippen MR) is 75.4 cm³/mol. The van der Waals surface area contributed by atoms with Gasteiger partial charge in [0.05, 0.1) is 18.6 Å². The van der Waals surface area contributed by atoms with Gasteiger partial charge in [0.25, 0.3) is 0 Å². The Morgan fingerprint density at radius 1 is 1.55 bits per heavy atom. The van der Waals surface area contributed by atoms with Crippen molar-refractivity contribution < 1.29 is 23.9 Å². The van der Waals surface area contributed by atoms with Gasteiger partial charge >= 0.3 is 5.97 Å². The molecule has 2 aliphatic carbocycles. The molecule has 6 heteroatoms. The van der Waals surface area contributed by atoms with Crippen molar-refractivity contribution in [3.8, 4) is 0 Å². The van der Waals surface area contributed by atoms with Crippen molar-refractivity contribution in [3.63, 3.8) is 0 Å². The summed E-state index contributed by atoms with van der Waals surface area (Å²) in [6, 6.07) is 0. The Morgan fingerprint density at radius 3 is 3.00 bits per heavy atom. The van der Waals surface area contributed by atoms with Gasteiger partial charge in [0.2, 0.25) is 5.91 Å². The van der Waals surface area contributed by atoms with Gasteiger partial charge in [-0.2, -0.15) is 0 Å². The summed E-state index contributed by atoms with van der Waals surface area (Å²) in [6.45, 7) is 2.44. The molecular weight excluding hydrogens is 286 g/mol. The van der Waals surface area contributed by atoms with E-state index in [-0.39, 0.29) is 36.4 Å². The minimum Gasteiger partial charge on any atom is -0.461 e. The van der Waals surface area contributed by atoms with Gasteiger partial charge in [0.15, 0.2) is 0 Å². The van der Waals surface area contributed by atoms with Crippen LogP contribution in [0.4, 0.5) is 0 Å². The van der Waals surface area contributed by atoms with Crippen LogP contribution in [0.15, 0.2) is 11.6 Å². The van der Waals surface area contributed by atoms with Crippen molar-refractivity contribution in [2.75, 3.05) is 20.8 Å². The number of esters is 1. The second kappa shape index (κ2) is 4.11. The summed E-state index contributed by atoms with van der Waals surface area (Å²) in [5.41, 5.74) is -0.490. The molecule has 0 aromatic heterocycles. The predicted octanol–water partition coefficient (Wildman–Crippen LogP) is 1.21. The summed E-state index contributed by atoms with van der Waals surface area (Å²) in [5.74, 6) is -0.461. The van der Waals surface area contributed by atoms with E-state index < -0.39 is 11.0 Å². The molecule has 2 heterocycles. The number of carbonyl (C=O) groups is 2. The Labute approximate surface area is 129 Å². The lowest BCUT2D eigenvalue weighted by Crippen LogP contribution is -2.54. The normalized spacial score (nSPS) is 44.6. The molecule has 0 bridgehead atoms. The SMILES string of the molecule is CON(C)C(=O)C[C@@]12COC(=O)C1=CC[C@@]1(C)CC[C@H]3O[C@]312. The average molecular weight is 307 g/mol. The Hall–Kier alpha value is -1.40. The number of fused-ring (bicyclic) bond motifs is 1. The van der Waals surface area contributed by atoms with Crippen LogP contribution in [0.25, 0.3) is 0 Å². The van der Waals surface area contributed by atoms with Crippen LogP contribution in [0, 0.1) is 10.8 Å². The lowest BCUT2D eigenvalue weighted by atomic mass is 9.55. The third-order valence-electron chi connectivity index (χ3n) is 6.31. The van der Waals surface area contributed by atoms with Gasteiger partial charge in [-0.3, -0.25) is 9.63 Å². The van der Waals surface area contributed by atoms with Gasteiger partial charge in [0.1, 0.15) is 12.2 Å². The first-order valence-electron chi connectivity index (χ1n) is 7.76. The van der Waals surface area contributed by atoms with Gasteiger partial charge in [0, 0.05) is 24.5 Å². The molecule has 22 heavy (non-hydrogen) atoms. The van der Waals surface area contributed by atoms with E-state index in [0.717, 1.165) is 19.3 Å². The molecule has 1 saturated carbocycles. The van der Waals surface area contributed by atoms with Crippen molar-refractivity contribution in [1.29, 1.82) is 0 Å². The van der Waals surface area contributed by atoms with E-state index in [2.05, 4.69) is 6.92 Å². The number of hydrogen-bond acceptors (Lipinski definition) is 5. The maximum absolute atomic E-state index is 12.5. The Balaban J connectivity index is 1.79. The molecule has 2 saturated heterocycles. The summed E-state index contributed by atoms with van der Waals surface area (Å²) >= 11 is 0. The molecular formula is C16H21NO5. The van der Waals surface area contributed by atoms with Crippen LogP contribution < -0.4 is 0 Å². The summed E-state index contributed by atoms with van der Waals surface area (Å²) in [7, 11) is 3.04. The van der Waals surface area contributed by atoms with Crippen LogP contribution >= 0.6 is 0 Å². The highest BCUT2D eigenvalue weighted by Gasteiger charge is 2.83. The quantitative estimate of drug-likeness (QED) is 0.445. The summed E-state index contributed by atoms with van der Waals surface area (Å²) in [6.07, 6.45) is 5.15. The van der Waals surface area contributed by atoms with E-state index in [1.54, 1.807) is 7.05 Å². The van der Waals surface area contributed by atoms with Gasteiger partial charge in [-0.05, 0) is 19.3 Å². The van der Waals surface area contributed by atoms with Crippen LogP contribution in [-0.4, -0.2) is 49.4 Å². The van der Waals surface area contributed by atoms with E-state index in [9.17, 15) is 9.59 Å². The van der Waals surface area contributed by atoms with Crippen molar-refractivity contribution in [2.45, 2.75) is 44.3 Å². The average Bonchev–Trinajstić information content (AvgIpc) is 3.06. The molecule has 4 rings (SSSR count). The van der Waals surface area contributed by atoms with Gasteiger partial charge in [-0.25, -0.2) is 9.86 Å². The van der Waals surface area contributed by atoms with Crippen molar-refractivity contribution in [1.82, 2.24) is 5.06 Å². The fourth-order valence-electron chi connectivity index (χ4n) is 5.07. The van der Waals surface area contributed by atoms with E-state index in [1.165, 1.54) is 12.2 Å². The number of allylic oxidation sites excluding steroid dienone is 1. The molecule has 120 valence electrons. The number of epoxide rings is 1. The minimum atomic E-state index is -0.665. The fraction of sp³-hybridized carbons (Fsp3) is 0.750. The second-order valence-electron chi connectivity index (χ2n) is 7.17. The molecule has 0 aromatic rings. The third kappa shape index (κ3) is 1.38. The molecule has 3 fully saturated rings. The number of hydrogen-bond donors (Lipinski definition) is 0. The summed E-state index contributed by atoms with van der Waals surface area (Å²) < 4.78 is 11.5. The number of rotatable bonds is 3. The van der Waals surface area contributed by atoms with Gasteiger partial charge in [-0.1, -0.05) is 13.0 Å². The smallest absolute Gasteiger partial charge is 0.334 e. The number of ether oxygens (including phenoxy) is 2. The van der Waals surface area contributed by atoms with Gasteiger partial charge < -0.3 is 9.47 Å². The monoisotopic (exact) mass is 307 g/mol. The van der Waals surface area contributed by atoms with Crippen LogP contribution in [0.2, 0.25) is 0 Å². The maximum Gasteiger partial charge on any atom is 0.334 e. The Bertz CT molecular complexity index is 601. The van der Waals surface area contributed by atoms with Crippen molar-refractivity contribution >= 4 is 11.9 Å². The zero-order valence-corrected chi connectivity index (χ0v) is 13.2. The van der Waals surface area contributed by atoms with Crippen molar-refractivity contribution in [3.05, 3.63) is 11.6 Å². The largest absolute Gasteiger partial charge is 0.461 e. The van der Waals surface area contributed by atoms with Gasteiger partial charge in [-0.15, -0.1) is 0 Å². The second-order valence-corrected chi connectivity index (χ2v) is 7.17. The Kier molecular flexibility index (Phi) is 2.66. The lowest BCUT2D eigenvalue weighted by molar-refractivity contribution is -0.173. The lowest BCUT2D eigenvalue weighted by Gasteiger charge is -2.46. The fourth-order valence-corrected chi connectivity index (χ4v) is 5.07. The van der Waals surface area contributed by atoms with E-state index in [1.807, 2.05) is 6.08 Å². The molecule has 4 atom stereocenters. The zero-order valence-electron chi connectivity index (χ0n) is 13.2. The molecule has 4 aliphatic rings. The molecule has 0 aromatic carbocycles. The topological polar surface area (TPSA) is 68.4 Å². The molecule has 0 unspecified atom stereocenters. The highest BCUT2D eigenvalue weighted by Crippen LogP contribution is 2.75. The van der Waals surface area contributed by atoms with E-state index >= 15 is 0 Å². The van der Waals surface area contributed by atoms with Crippen LogP contribution in [-0.2, 0) is 23.9 Å². The molecule has 2 aliphatic heterocycles. The third-order valence-corrected chi connectivity index (χ3v) is 6.31. The zero-order chi connectivity index (χ0) is 15.8. The standard InChI is InChI=1S/C16H21NO5/c1-14-6-4-10-13(19)21-9-15(10,8-12(18)17(2)20-3)16(14)11(22-16)5-7-14/h4,11H,5-9H2,1-3H3/t11-,14+,15-,16-/m1/s1. The number of amides is 1. The summed E-state index contributed by atoms with van der Waals surface area (Å²) in [5, 5.41) is 1.21. The van der Waals surface area contributed by atoms with Crippen LogP contribution in [0.1, 0.15) is 32.6 Å². The molecule has 1 spiro atoms. The van der Waals surface area contributed by atoms with Crippen LogP contribution in [0.5, 0.6) is 0 Å². The molecule has 6 nitrogen and oxygen atoms in total. The van der Waals surface area contributed by atoms with Crippen LogP contribution in [0.3, 0.4) is 0 Å². The van der Waals surface area contributed by atoms with Crippen molar-refractivity contribution in [2.24, 2.45) is 10.8 Å². The first-order valence-corrected chi connectivity index (χ1v) is 7.76. The molecule has 0 radical (unpaired) electrons.